The average Bonchev–Trinajstić information content (AvgIpc) is 2.67. The molecule has 0 aliphatic heterocycles. The summed E-state index contributed by atoms with van der Waals surface area (Å²) in [5.41, 5.74) is 1.66. The highest BCUT2D eigenvalue weighted by Crippen LogP contribution is 2.32. The lowest BCUT2D eigenvalue weighted by atomic mass is 10.2. The van der Waals surface area contributed by atoms with Crippen molar-refractivity contribution in [1.29, 1.82) is 0 Å². The van der Waals surface area contributed by atoms with Gasteiger partial charge in [0.25, 0.3) is 0 Å². The van der Waals surface area contributed by atoms with E-state index in [4.69, 9.17) is 9.47 Å². The van der Waals surface area contributed by atoms with E-state index >= 15 is 0 Å². The molecule has 0 radical (unpaired) electrons. The molecule has 0 unspecified atom stereocenters. The minimum Gasteiger partial charge on any atom is -0.497 e. The number of nitrogens with one attached hydrogen (secondary N) is 2. The van der Waals surface area contributed by atoms with Crippen molar-refractivity contribution < 1.29 is 23.9 Å². The van der Waals surface area contributed by atoms with E-state index in [9.17, 15) is 14.4 Å². The summed E-state index contributed by atoms with van der Waals surface area (Å²) in [5.74, 6) is 0.392. The average molecular weight is 399 g/mol. The lowest BCUT2D eigenvalue weighted by molar-refractivity contribution is -0.117. The molecule has 0 spiro atoms. The number of carbonyl (C=O) groups excluding carboxylic acids is 3. The summed E-state index contributed by atoms with van der Waals surface area (Å²) in [5, 5.41) is 5.43. The van der Waals surface area contributed by atoms with Gasteiger partial charge in [0.1, 0.15) is 11.5 Å². The minimum absolute atomic E-state index is 0.0737. The molecular weight excluding hydrogens is 374 g/mol. The Bertz CT molecular complexity index is 898. The lowest BCUT2D eigenvalue weighted by Crippen LogP contribution is -2.32. The van der Waals surface area contributed by atoms with Crippen molar-refractivity contribution in [2.45, 2.75) is 20.3 Å². The maximum absolute atomic E-state index is 12.4. The monoisotopic (exact) mass is 399 g/mol. The van der Waals surface area contributed by atoms with E-state index in [0.717, 1.165) is 0 Å². The second kappa shape index (κ2) is 10.1. The third kappa shape index (κ3) is 6.24. The summed E-state index contributed by atoms with van der Waals surface area (Å²) < 4.78 is 10.6. The first kappa shape index (κ1) is 21.7. The number of anilines is 3. The van der Waals surface area contributed by atoms with Crippen LogP contribution in [0.4, 0.5) is 17.1 Å². The van der Waals surface area contributed by atoms with E-state index in [2.05, 4.69) is 10.6 Å². The highest BCUT2D eigenvalue weighted by atomic mass is 16.5. The van der Waals surface area contributed by atoms with Crippen LogP contribution in [0.5, 0.6) is 11.5 Å². The van der Waals surface area contributed by atoms with E-state index in [1.807, 2.05) is 0 Å². The molecule has 0 saturated carbocycles. The fourth-order valence-corrected chi connectivity index (χ4v) is 2.77. The largest absolute Gasteiger partial charge is 0.497 e. The molecule has 29 heavy (non-hydrogen) atoms. The molecule has 0 aliphatic carbocycles. The van der Waals surface area contributed by atoms with Crippen LogP contribution in [0, 0.1) is 0 Å². The van der Waals surface area contributed by atoms with Crippen LogP contribution in [-0.4, -0.2) is 38.5 Å². The molecule has 2 N–H and O–H groups in total. The van der Waals surface area contributed by atoms with Gasteiger partial charge in [-0.2, -0.15) is 0 Å². The number of ether oxygens (including phenoxy) is 2. The van der Waals surface area contributed by atoms with Crippen molar-refractivity contribution in [3.63, 3.8) is 0 Å². The van der Waals surface area contributed by atoms with Gasteiger partial charge < -0.3 is 25.0 Å². The first-order chi connectivity index (χ1) is 13.8. The molecule has 154 valence electrons. The van der Waals surface area contributed by atoms with E-state index in [0.29, 0.717) is 28.6 Å². The number of rotatable bonds is 8. The molecule has 0 atom stereocenters. The van der Waals surface area contributed by atoms with Gasteiger partial charge >= 0.3 is 0 Å². The third-order valence-electron chi connectivity index (χ3n) is 4.09. The van der Waals surface area contributed by atoms with Crippen molar-refractivity contribution in [2.75, 3.05) is 36.3 Å². The van der Waals surface area contributed by atoms with Crippen molar-refractivity contribution in [3.8, 4) is 11.5 Å². The van der Waals surface area contributed by atoms with Crippen molar-refractivity contribution in [1.82, 2.24) is 0 Å². The summed E-state index contributed by atoms with van der Waals surface area (Å²) in [6.07, 6.45) is 0.0737. The zero-order chi connectivity index (χ0) is 21.4. The summed E-state index contributed by atoms with van der Waals surface area (Å²) in [6, 6.07) is 12.0. The molecule has 2 rings (SSSR count). The number of hydrogen-bond acceptors (Lipinski definition) is 5. The highest BCUT2D eigenvalue weighted by Gasteiger charge is 2.18. The number of carbonyl (C=O) groups is 3. The van der Waals surface area contributed by atoms with Crippen LogP contribution in [0.1, 0.15) is 20.3 Å². The van der Waals surface area contributed by atoms with E-state index < -0.39 is 0 Å². The smallest absolute Gasteiger partial charge is 0.226 e. The second-order valence-electron chi connectivity index (χ2n) is 6.27. The number of nitrogens with zero attached hydrogens (tertiary/aromatic N) is 1. The molecule has 2 aromatic carbocycles. The van der Waals surface area contributed by atoms with Crippen LogP contribution in [0.2, 0.25) is 0 Å². The predicted molar refractivity (Wildman–Crippen MR) is 112 cm³/mol. The number of amides is 3. The number of hydrogen-bond donors (Lipinski definition) is 2. The van der Waals surface area contributed by atoms with Gasteiger partial charge in [-0.3, -0.25) is 14.4 Å². The number of methoxy groups -OCH3 is 2. The van der Waals surface area contributed by atoms with Gasteiger partial charge in [0.2, 0.25) is 17.7 Å². The Hall–Kier alpha value is -3.55. The standard InChI is InChI=1S/C21H25N3O5/c1-14(25)22-16-6-5-7-17(12-16)23-21(27)10-11-24(15(2)26)19-13-18(28-3)8-9-20(19)29-4/h5-9,12-13H,10-11H2,1-4H3,(H,22,25)(H,23,27). The van der Waals surface area contributed by atoms with E-state index in [1.165, 1.54) is 33.0 Å². The quantitative estimate of drug-likeness (QED) is 0.711. The Balaban J connectivity index is 2.09. The number of benzene rings is 2. The molecule has 2 aromatic rings. The molecule has 0 saturated heterocycles. The first-order valence-electron chi connectivity index (χ1n) is 9.01. The topological polar surface area (TPSA) is 97.0 Å². The normalized spacial score (nSPS) is 10.1. The van der Waals surface area contributed by atoms with Crippen LogP contribution in [0.3, 0.4) is 0 Å². The van der Waals surface area contributed by atoms with Gasteiger partial charge in [-0.25, -0.2) is 0 Å². The van der Waals surface area contributed by atoms with Gasteiger partial charge in [0, 0.05) is 44.3 Å². The zero-order valence-corrected chi connectivity index (χ0v) is 16.9. The molecule has 0 bridgehead atoms. The maximum Gasteiger partial charge on any atom is 0.226 e. The van der Waals surface area contributed by atoms with Crippen molar-refractivity contribution >= 4 is 34.8 Å². The highest BCUT2D eigenvalue weighted by molar-refractivity contribution is 5.96. The Kier molecular flexibility index (Phi) is 7.59. The summed E-state index contributed by atoms with van der Waals surface area (Å²) in [7, 11) is 3.05. The molecule has 0 heterocycles. The van der Waals surface area contributed by atoms with Crippen LogP contribution in [0.25, 0.3) is 0 Å². The van der Waals surface area contributed by atoms with Crippen molar-refractivity contribution in [2.24, 2.45) is 0 Å². The molecule has 0 aromatic heterocycles. The SMILES string of the molecule is COc1ccc(OC)c(N(CCC(=O)Nc2cccc(NC(C)=O)c2)C(C)=O)c1. The molecule has 0 fully saturated rings. The van der Waals surface area contributed by atoms with Crippen LogP contribution in [-0.2, 0) is 14.4 Å². The maximum atomic E-state index is 12.4. The van der Waals surface area contributed by atoms with Gasteiger partial charge in [-0.15, -0.1) is 0 Å². The lowest BCUT2D eigenvalue weighted by Gasteiger charge is -2.23. The Morgan fingerprint density at radius 1 is 0.931 bits per heavy atom. The zero-order valence-electron chi connectivity index (χ0n) is 16.9. The summed E-state index contributed by atoms with van der Waals surface area (Å²) in [6.45, 7) is 3.00. The van der Waals surface area contributed by atoms with Gasteiger partial charge in [0.05, 0.1) is 19.9 Å². The second-order valence-corrected chi connectivity index (χ2v) is 6.27. The molecule has 8 nitrogen and oxygen atoms in total. The summed E-state index contributed by atoms with van der Waals surface area (Å²) >= 11 is 0. The van der Waals surface area contributed by atoms with Crippen LogP contribution in [0.15, 0.2) is 42.5 Å². The summed E-state index contributed by atoms with van der Waals surface area (Å²) in [4.78, 5) is 37.2. The van der Waals surface area contributed by atoms with Crippen LogP contribution < -0.4 is 25.0 Å². The fraction of sp³-hybridized carbons (Fsp3) is 0.286. The Morgan fingerprint density at radius 2 is 1.62 bits per heavy atom. The first-order valence-corrected chi connectivity index (χ1v) is 9.01. The minimum atomic E-state index is -0.266. The fourth-order valence-electron chi connectivity index (χ4n) is 2.77. The predicted octanol–water partition coefficient (Wildman–Crippen LogP) is 3.04. The Labute approximate surface area is 169 Å². The van der Waals surface area contributed by atoms with Crippen molar-refractivity contribution in [3.05, 3.63) is 42.5 Å². The third-order valence-corrected chi connectivity index (χ3v) is 4.09. The molecule has 0 aliphatic rings. The van der Waals surface area contributed by atoms with Gasteiger partial charge in [-0.05, 0) is 30.3 Å². The molecule has 3 amide bonds. The van der Waals surface area contributed by atoms with E-state index in [-0.39, 0.29) is 30.7 Å². The van der Waals surface area contributed by atoms with Crippen LogP contribution >= 0.6 is 0 Å². The van der Waals surface area contributed by atoms with Gasteiger partial charge in [-0.1, -0.05) is 6.07 Å². The molecular formula is C21H25N3O5. The van der Waals surface area contributed by atoms with Gasteiger partial charge in [0.15, 0.2) is 0 Å². The van der Waals surface area contributed by atoms with E-state index in [1.54, 1.807) is 42.5 Å². The molecule has 8 heteroatoms. The Morgan fingerprint density at radius 3 is 2.21 bits per heavy atom.